The summed E-state index contributed by atoms with van der Waals surface area (Å²) in [4.78, 5) is 23.4. The number of nitrogens with zero attached hydrogens (tertiary/aromatic N) is 3. The van der Waals surface area contributed by atoms with Gasteiger partial charge in [-0.25, -0.2) is 9.97 Å². The van der Waals surface area contributed by atoms with Crippen molar-refractivity contribution in [2.75, 3.05) is 13.1 Å². The zero-order valence-electron chi connectivity index (χ0n) is 14.0. The molecule has 0 spiro atoms. The maximum atomic E-state index is 12.6. The summed E-state index contributed by atoms with van der Waals surface area (Å²) in [6.45, 7) is 3.01. The molecule has 1 aromatic carbocycles. The van der Waals surface area contributed by atoms with Crippen molar-refractivity contribution in [3.8, 4) is 11.3 Å². The Kier molecular flexibility index (Phi) is 4.23. The van der Waals surface area contributed by atoms with Gasteiger partial charge in [-0.3, -0.25) is 4.79 Å². The number of aromatic nitrogens is 2. The molecule has 6 heteroatoms. The van der Waals surface area contributed by atoms with E-state index in [2.05, 4.69) is 9.97 Å². The number of aliphatic hydroxyl groups is 1. The normalized spacial score (nSPS) is 17.8. The Bertz CT molecular complexity index is 920. The summed E-state index contributed by atoms with van der Waals surface area (Å²) in [7, 11) is 0. The molecule has 0 saturated carbocycles. The molecule has 0 aliphatic carbocycles. The predicted octanol–water partition coefficient (Wildman–Crippen LogP) is 3.26. The second kappa shape index (κ2) is 6.54. The molecule has 1 aliphatic heterocycles. The van der Waals surface area contributed by atoms with E-state index in [9.17, 15) is 9.90 Å². The minimum atomic E-state index is -0.409. The van der Waals surface area contributed by atoms with Crippen molar-refractivity contribution in [1.82, 2.24) is 14.9 Å². The van der Waals surface area contributed by atoms with Crippen LogP contribution in [0.1, 0.15) is 29.0 Å². The summed E-state index contributed by atoms with van der Waals surface area (Å²) < 4.78 is 1.06. The van der Waals surface area contributed by atoms with Crippen molar-refractivity contribution < 1.29 is 9.90 Å². The summed E-state index contributed by atoms with van der Waals surface area (Å²) in [6.07, 6.45) is 1.21. The number of amides is 1. The zero-order chi connectivity index (χ0) is 17.4. The third-order valence-electron chi connectivity index (χ3n) is 4.50. The van der Waals surface area contributed by atoms with Gasteiger partial charge in [-0.2, -0.15) is 0 Å². The first-order chi connectivity index (χ1) is 12.1. The fraction of sp³-hybridized carbons (Fsp3) is 0.316. The molecule has 1 fully saturated rings. The van der Waals surface area contributed by atoms with E-state index >= 15 is 0 Å². The van der Waals surface area contributed by atoms with Crippen LogP contribution in [0, 0.1) is 6.92 Å². The largest absolute Gasteiger partial charge is 0.391 e. The van der Waals surface area contributed by atoms with Crippen molar-refractivity contribution in [2.45, 2.75) is 25.9 Å². The van der Waals surface area contributed by atoms with E-state index in [1.165, 1.54) is 0 Å². The topological polar surface area (TPSA) is 66.3 Å². The highest BCUT2D eigenvalue weighted by molar-refractivity contribution is 7.17. The van der Waals surface area contributed by atoms with E-state index in [0.29, 0.717) is 18.7 Å². The van der Waals surface area contributed by atoms with Crippen LogP contribution in [-0.2, 0) is 0 Å². The molecular formula is C19H19N3O2S. The van der Waals surface area contributed by atoms with Crippen LogP contribution in [-0.4, -0.2) is 45.1 Å². The first kappa shape index (κ1) is 16.2. The molecule has 1 saturated heterocycles. The molecule has 5 nitrogen and oxygen atoms in total. The first-order valence-electron chi connectivity index (χ1n) is 8.41. The average molecular weight is 353 g/mol. The Morgan fingerprint density at radius 3 is 2.80 bits per heavy atom. The molecule has 25 heavy (non-hydrogen) atoms. The van der Waals surface area contributed by atoms with Crippen molar-refractivity contribution in [1.29, 1.82) is 0 Å². The molecule has 1 aliphatic rings. The number of carbonyl (C=O) groups excluding carboxylic acids is 1. The Labute approximate surface area is 150 Å². The minimum absolute atomic E-state index is 0.0227. The molecule has 1 N–H and O–H groups in total. The molecule has 1 atom stereocenters. The highest BCUT2D eigenvalue weighted by atomic mass is 32.1. The van der Waals surface area contributed by atoms with E-state index in [0.717, 1.165) is 40.1 Å². The molecule has 2 aromatic heterocycles. The van der Waals surface area contributed by atoms with Gasteiger partial charge in [-0.1, -0.05) is 12.1 Å². The Hall–Kier alpha value is -2.31. The van der Waals surface area contributed by atoms with Gasteiger partial charge in [0.1, 0.15) is 5.82 Å². The van der Waals surface area contributed by atoms with Crippen LogP contribution >= 0.6 is 11.3 Å². The highest BCUT2D eigenvalue weighted by Crippen LogP contribution is 2.30. The fourth-order valence-corrected chi connectivity index (χ4v) is 4.11. The second-order valence-corrected chi connectivity index (χ2v) is 7.30. The molecular weight excluding hydrogens is 334 g/mol. The molecule has 3 aromatic rings. The van der Waals surface area contributed by atoms with Gasteiger partial charge in [0.2, 0.25) is 0 Å². The smallest absolute Gasteiger partial charge is 0.253 e. The fourth-order valence-electron chi connectivity index (χ4n) is 3.27. The lowest BCUT2D eigenvalue weighted by Crippen LogP contribution is -2.42. The number of carbonyl (C=O) groups is 1. The summed E-state index contributed by atoms with van der Waals surface area (Å²) >= 11 is 1.62. The summed E-state index contributed by atoms with van der Waals surface area (Å²) in [5.74, 6) is 0.716. The lowest BCUT2D eigenvalue weighted by molar-refractivity contribution is 0.0474. The number of thiophene rings is 1. The van der Waals surface area contributed by atoms with E-state index in [-0.39, 0.29) is 5.91 Å². The van der Waals surface area contributed by atoms with Crippen LogP contribution in [0.5, 0.6) is 0 Å². The number of piperidine rings is 1. The van der Waals surface area contributed by atoms with E-state index < -0.39 is 6.10 Å². The number of aryl methyl sites for hydroxylation is 1. The zero-order valence-corrected chi connectivity index (χ0v) is 14.8. The van der Waals surface area contributed by atoms with Crippen LogP contribution in [0.2, 0.25) is 0 Å². The van der Waals surface area contributed by atoms with Crippen molar-refractivity contribution in [2.24, 2.45) is 0 Å². The molecule has 3 heterocycles. The lowest BCUT2D eigenvalue weighted by Gasteiger charge is -2.30. The van der Waals surface area contributed by atoms with Crippen LogP contribution in [0.4, 0.5) is 0 Å². The van der Waals surface area contributed by atoms with Gasteiger partial charge in [0.15, 0.2) is 0 Å². The molecule has 4 rings (SSSR count). The summed E-state index contributed by atoms with van der Waals surface area (Å²) in [6, 6.07) is 9.56. The van der Waals surface area contributed by atoms with Gasteiger partial charge >= 0.3 is 0 Å². The van der Waals surface area contributed by atoms with Crippen molar-refractivity contribution in [3.05, 3.63) is 47.1 Å². The summed E-state index contributed by atoms with van der Waals surface area (Å²) in [5.41, 5.74) is 3.49. The number of likely N-dealkylation sites (tertiary alicyclic amines) is 1. The SMILES string of the molecule is Cc1nc(-c2ccc(C(=O)N3CCC[C@H](O)C3)cc2)c2sccc2n1. The van der Waals surface area contributed by atoms with E-state index in [4.69, 9.17) is 0 Å². The Morgan fingerprint density at radius 1 is 1.24 bits per heavy atom. The number of fused-ring (bicyclic) bond motifs is 1. The Balaban J connectivity index is 1.63. The molecule has 0 bridgehead atoms. The standard InChI is InChI=1S/C19H19N3O2S/c1-12-20-16-8-10-25-18(16)17(21-12)13-4-6-14(7-5-13)19(24)22-9-2-3-15(23)11-22/h4-8,10,15,23H,2-3,9,11H2,1H3/t15-/m0/s1. The Morgan fingerprint density at radius 2 is 2.04 bits per heavy atom. The van der Waals surface area contributed by atoms with Gasteiger partial charge in [0.25, 0.3) is 5.91 Å². The second-order valence-electron chi connectivity index (χ2n) is 6.38. The molecule has 1 amide bonds. The van der Waals surface area contributed by atoms with Gasteiger partial charge in [0.05, 0.1) is 22.0 Å². The van der Waals surface area contributed by atoms with Gasteiger partial charge in [0, 0.05) is 24.2 Å². The number of benzene rings is 1. The lowest BCUT2D eigenvalue weighted by atomic mass is 10.0. The van der Waals surface area contributed by atoms with Crippen LogP contribution in [0.3, 0.4) is 0 Å². The van der Waals surface area contributed by atoms with Crippen molar-refractivity contribution >= 4 is 27.5 Å². The highest BCUT2D eigenvalue weighted by Gasteiger charge is 2.23. The van der Waals surface area contributed by atoms with E-state index in [1.807, 2.05) is 42.6 Å². The number of hydrogen-bond donors (Lipinski definition) is 1. The van der Waals surface area contributed by atoms with E-state index in [1.54, 1.807) is 16.2 Å². The van der Waals surface area contributed by atoms with Crippen LogP contribution in [0.25, 0.3) is 21.5 Å². The summed E-state index contributed by atoms with van der Waals surface area (Å²) in [5, 5.41) is 11.8. The first-order valence-corrected chi connectivity index (χ1v) is 9.29. The minimum Gasteiger partial charge on any atom is -0.391 e. The number of hydrogen-bond acceptors (Lipinski definition) is 5. The number of aliphatic hydroxyl groups excluding tert-OH is 1. The molecule has 128 valence electrons. The average Bonchev–Trinajstić information content (AvgIpc) is 3.09. The monoisotopic (exact) mass is 353 g/mol. The van der Waals surface area contributed by atoms with Gasteiger partial charge in [-0.05, 0) is 43.3 Å². The maximum absolute atomic E-state index is 12.6. The van der Waals surface area contributed by atoms with Crippen molar-refractivity contribution in [3.63, 3.8) is 0 Å². The van der Waals surface area contributed by atoms with Crippen LogP contribution < -0.4 is 0 Å². The number of β-amino-alcohol motifs (C(OH)–C–C–N with tert-alkyl or cyclic N) is 1. The molecule has 0 radical (unpaired) electrons. The quantitative estimate of drug-likeness (QED) is 0.768. The maximum Gasteiger partial charge on any atom is 0.253 e. The third kappa shape index (κ3) is 3.15. The molecule has 0 unspecified atom stereocenters. The number of rotatable bonds is 2. The van der Waals surface area contributed by atoms with Crippen LogP contribution in [0.15, 0.2) is 35.7 Å². The van der Waals surface area contributed by atoms with Gasteiger partial charge < -0.3 is 10.0 Å². The predicted molar refractivity (Wildman–Crippen MR) is 98.7 cm³/mol. The third-order valence-corrected chi connectivity index (χ3v) is 5.41. The van der Waals surface area contributed by atoms with Gasteiger partial charge in [-0.15, -0.1) is 11.3 Å².